The van der Waals surface area contributed by atoms with E-state index >= 15 is 0 Å². The molecule has 0 spiro atoms. The second-order valence-electron chi connectivity index (χ2n) is 5.40. The van der Waals surface area contributed by atoms with Crippen molar-refractivity contribution < 1.29 is 14.3 Å². The Morgan fingerprint density at radius 3 is 2.83 bits per heavy atom. The number of nitrogens with one attached hydrogen (secondary N) is 1. The van der Waals surface area contributed by atoms with Crippen LogP contribution in [0.3, 0.4) is 0 Å². The molecular formula is C18H18ClNO3. The monoisotopic (exact) mass is 331 g/mol. The first-order valence-electron chi connectivity index (χ1n) is 7.59. The molecule has 2 aromatic rings. The molecule has 0 saturated carbocycles. The zero-order valence-electron chi connectivity index (χ0n) is 13.1. The molecule has 1 N–H and O–H groups in total. The minimum absolute atomic E-state index is 0.215. The largest absolute Gasteiger partial charge is 0.486 e. The van der Waals surface area contributed by atoms with Gasteiger partial charge in [-0.25, -0.2) is 0 Å². The minimum atomic E-state index is -0.215. The van der Waals surface area contributed by atoms with Gasteiger partial charge in [-0.1, -0.05) is 36.7 Å². The number of hydrogen-bond acceptors (Lipinski definition) is 3. The first-order chi connectivity index (χ1) is 11.1. The number of amides is 1. The number of carbonyl (C=O) groups is 1. The zero-order chi connectivity index (χ0) is 16.4. The molecule has 120 valence electrons. The molecule has 0 saturated heterocycles. The Morgan fingerprint density at radius 2 is 2.04 bits per heavy atom. The molecule has 23 heavy (non-hydrogen) atoms. The summed E-state index contributed by atoms with van der Waals surface area (Å²) < 4.78 is 11.0. The Bertz CT molecular complexity index is 758. The Morgan fingerprint density at radius 1 is 1.26 bits per heavy atom. The van der Waals surface area contributed by atoms with Crippen LogP contribution < -0.4 is 14.8 Å². The van der Waals surface area contributed by atoms with Gasteiger partial charge in [-0.05, 0) is 36.6 Å². The summed E-state index contributed by atoms with van der Waals surface area (Å²) in [6.07, 6.45) is 0.846. The predicted molar refractivity (Wildman–Crippen MR) is 91.0 cm³/mol. The van der Waals surface area contributed by atoms with Gasteiger partial charge in [0.2, 0.25) is 0 Å². The van der Waals surface area contributed by atoms with Crippen LogP contribution in [-0.4, -0.2) is 19.1 Å². The first kappa shape index (κ1) is 15.7. The highest BCUT2D eigenvalue weighted by molar-refractivity contribution is 6.32. The van der Waals surface area contributed by atoms with Crippen LogP contribution in [0.5, 0.6) is 11.5 Å². The summed E-state index contributed by atoms with van der Waals surface area (Å²) in [6, 6.07) is 9.25. The number of ether oxygens (including phenoxy) is 2. The molecule has 5 heteroatoms. The first-order valence-corrected chi connectivity index (χ1v) is 7.97. The van der Waals surface area contributed by atoms with E-state index in [0.717, 1.165) is 23.2 Å². The molecule has 0 unspecified atom stereocenters. The highest BCUT2D eigenvalue weighted by Gasteiger charge is 2.20. The van der Waals surface area contributed by atoms with Gasteiger partial charge < -0.3 is 14.8 Å². The number of halogens is 1. The quantitative estimate of drug-likeness (QED) is 0.915. The lowest BCUT2D eigenvalue weighted by atomic mass is 10.1. The smallest absolute Gasteiger partial charge is 0.255 e. The van der Waals surface area contributed by atoms with Crippen LogP contribution in [-0.2, 0) is 6.42 Å². The highest BCUT2D eigenvalue weighted by atomic mass is 35.5. The van der Waals surface area contributed by atoms with Gasteiger partial charge >= 0.3 is 0 Å². The lowest BCUT2D eigenvalue weighted by Gasteiger charge is -2.20. The second kappa shape index (κ2) is 6.50. The average Bonchev–Trinajstić information content (AvgIpc) is 2.56. The summed E-state index contributed by atoms with van der Waals surface area (Å²) in [5.74, 6) is 0.793. The lowest BCUT2D eigenvalue weighted by molar-refractivity contribution is 0.102. The zero-order valence-corrected chi connectivity index (χ0v) is 13.9. The van der Waals surface area contributed by atoms with Gasteiger partial charge in [0.1, 0.15) is 13.2 Å². The van der Waals surface area contributed by atoms with Gasteiger partial charge in [0, 0.05) is 11.3 Å². The molecule has 0 aliphatic carbocycles. The molecule has 1 amide bonds. The summed E-state index contributed by atoms with van der Waals surface area (Å²) in [4.78, 5) is 12.6. The van der Waals surface area contributed by atoms with Crippen LogP contribution in [0.4, 0.5) is 5.69 Å². The van der Waals surface area contributed by atoms with Crippen molar-refractivity contribution in [2.24, 2.45) is 0 Å². The molecule has 2 aromatic carbocycles. The third kappa shape index (κ3) is 3.13. The van der Waals surface area contributed by atoms with Gasteiger partial charge in [-0.2, -0.15) is 0 Å². The number of hydrogen-bond donors (Lipinski definition) is 1. The molecule has 3 rings (SSSR count). The van der Waals surface area contributed by atoms with Gasteiger partial charge in [-0.3, -0.25) is 4.79 Å². The van der Waals surface area contributed by atoms with Gasteiger partial charge in [0.15, 0.2) is 11.5 Å². The second-order valence-corrected chi connectivity index (χ2v) is 5.81. The van der Waals surface area contributed by atoms with E-state index in [1.807, 2.05) is 25.1 Å². The van der Waals surface area contributed by atoms with E-state index in [0.29, 0.717) is 35.3 Å². The minimum Gasteiger partial charge on any atom is -0.486 e. The Kier molecular flexibility index (Phi) is 4.44. The maximum absolute atomic E-state index is 12.6. The SMILES string of the molecule is CCc1cccc(C)c1NC(=O)c1cc(Cl)c2c(c1)OCCO2. The van der Waals surface area contributed by atoms with Crippen LogP contribution in [0.15, 0.2) is 30.3 Å². The molecule has 0 fully saturated rings. The molecule has 0 radical (unpaired) electrons. The predicted octanol–water partition coefficient (Wildman–Crippen LogP) is 4.23. The summed E-state index contributed by atoms with van der Waals surface area (Å²) in [5.41, 5.74) is 3.43. The van der Waals surface area contributed by atoms with Crippen molar-refractivity contribution in [1.82, 2.24) is 0 Å². The van der Waals surface area contributed by atoms with Crippen LogP contribution >= 0.6 is 11.6 Å². The van der Waals surface area contributed by atoms with Crippen molar-refractivity contribution in [2.75, 3.05) is 18.5 Å². The molecule has 1 aliphatic heterocycles. The number of fused-ring (bicyclic) bond motifs is 1. The van der Waals surface area contributed by atoms with Crippen LogP contribution in [0.25, 0.3) is 0 Å². The molecule has 4 nitrogen and oxygen atoms in total. The van der Waals surface area contributed by atoms with Crippen molar-refractivity contribution in [1.29, 1.82) is 0 Å². The van der Waals surface area contributed by atoms with Crippen LogP contribution in [0, 0.1) is 6.92 Å². The number of carbonyl (C=O) groups excluding carboxylic acids is 1. The Labute approximate surface area is 140 Å². The molecular weight excluding hydrogens is 314 g/mol. The summed E-state index contributed by atoms with van der Waals surface area (Å²) in [5, 5.41) is 3.37. The van der Waals surface area contributed by atoms with E-state index in [-0.39, 0.29) is 5.91 Å². The Balaban J connectivity index is 1.91. The fraction of sp³-hybridized carbons (Fsp3) is 0.278. The third-order valence-electron chi connectivity index (χ3n) is 3.84. The summed E-state index contributed by atoms with van der Waals surface area (Å²) in [7, 11) is 0. The van der Waals surface area contributed by atoms with Crippen molar-refractivity contribution in [3.63, 3.8) is 0 Å². The Hall–Kier alpha value is -2.20. The molecule has 1 heterocycles. The van der Waals surface area contributed by atoms with Crippen molar-refractivity contribution >= 4 is 23.2 Å². The summed E-state index contributed by atoms with van der Waals surface area (Å²) in [6.45, 7) is 4.95. The highest BCUT2D eigenvalue weighted by Crippen LogP contribution is 2.38. The number of para-hydroxylation sites is 1. The van der Waals surface area contributed by atoms with Gasteiger partial charge in [-0.15, -0.1) is 0 Å². The molecule has 0 aromatic heterocycles. The maximum atomic E-state index is 12.6. The van der Waals surface area contributed by atoms with E-state index in [2.05, 4.69) is 12.2 Å². The topological polar surface area (TPSA) is 47.6 Å². The molecule has 0 atom stereocenters. The number of benzene rings is 2. The van der Waals surface area contributed by atoms with Crippen molar-refractivity contribution in [2.45, 2.75) is 20.3 Å². The third-order valence-corrected chi connectivity index (χ3v) is 4.12. The van der Waals surface area contributed by atoms with E-state index in [9.17, 15) is 4.79 Å². The lowest BCUT2D eigenvalue weighted by Crippen LogP contribution is -2.18. The number of aryl methyl sites for hydroxylation is 2. The number of anilines is 1. The van der Waals surface area contributed by atoms with E-state index in [1.165, 1.54) is 0 Å². The van der Waals surface area contributed by atoms with Crippen molar-refractivity contribution in [3.05, 3.63) is 52.0 Å². The van der Waals surface area contributed by atoms with Gasteiger partial charge in [0.25, 0.3) is 5.91 Å². The van der Waals surface area contributed by atoms with Crippen LogP contribution in [0.2, 0.25) is 5.02 Å². The van der Waals surface area contributed by atoms with Crippen molar-refractivity contribution in [3.8, 4) is 11.5 Å². The van der Waals surface area contributed by atoms with E-state index in [4.69, 9.17) is 21.1 Å². The standard InChI is InChI=1S/C18H18ClNO3/c1-3-12-6-4-5-11(2)16(12)20-18(21)13-9-14(19)17-15(10-13)22-7-8-23-17/h4-6,9-10H,3,7-8H2,1-2H3,(H,20,21). The van der Waals surface area contributed by atoms with Crippen LogP contribution in [0.1, 0.15) is 28.4 Å². The van der Waals surface area contributed by atoms with E-state index in [1.54, 1.807) is 12.1 Å². The maximum Gasteiger partial charge on any atom is 0.255 e. The number of rotatable bonds is 3. The molecule has 1 aliphatic rings. The molecule has 0 bridgehead atoms. The normalized spacial score (nSPS) is 12.8. The van der Waals surface area contributed by atoms with E-state index < -0.39 is 0 Å². The fourth-order valence-corrected chi connectivity index (χ4v) is 2.89. The fourth-order valence-electron chi connectivity index (χ4n) is 2.63. The average molecular weight is 332 g/mol. The van der Waals surface area contributed by atoms with Gasteiger partial charge in [0.05, 0.1) is 5.02 Å². The summed E-state index contributed by atoms with van der Waals surface area (Å²) >= 11 is 6.20.